The van der Waals surface area contributed by atoms with Crippen molar-refractivity contribution >= 4 is 23.4 Å². The monoisotopic (exact) mass is 472 g/mol. The summed E-state index contributed by atoms with van der Waals surface area (Å²) in [5.74, 6) is -0.289. The van der Waals surface area contributed by atoms with E-state index in [1.807, 2.05) is 0 Å². The highest BCUT2D eigenvalue weighted by molar-refractivity contribution is 6.33. The molecule has 0 saturated carbocycles. The molecule has 33 heavy (non-hydrogen) atoms. The van der Waals surface area contributed by atoms with Gasteiger partial charge in [-0.25, -0.2) is 9.07 Å². The van der Waals surface area contributed by atoms with E-state index in [-0.39, 0.29) is 22.8 Å². The molecular weight excluding hydrogens is 447 g/mol. The highest BCUT2D eigenvalue weighted by Gasteiger charge is 2.28. The van der Waals surface area contributed by atoms with Gasteiger partial charge in [-0.2, -0.15) is 10.2 Å². The van der Waals surface area contributed by atoms with Gasteiger partial charge in [0, 0.05) is 32.9 Å². The average Bonchev–Trinajstić information content (AvgIpc) is 3.36. The van der Waals surface area contributed by atoms with Gasteiger partial charge >= 0.3 is 0 Å². The Morgan fingerprint density at radius 1 is 1.21 bits per heavy atom. The third kappa shape index (κ3) is 5.24. The van der Waals surface area contributed by atoms with Gasteiger partial charge in [0.05, 0.1) is 29.6 Å². The molecule has 0 unspecified atom stereocenters. The number of hydrogen-bond donors (Lipinski definition) is 1. The van der Waals surface area contributed by atoms with Gasteiger partial charge in [-0.1, -0.05) is 23.7 Å². The normalized spacial score (nSPS) is 14.5. The molecule has 1 N–H and O–H groups in total. The smallest absolute Gasteiger partial charge is 0.258 e. The fourth-order valence-electron chi connectivity index (χ4n) is 4.04. The number of aryl methyl sites for hydroxylation is 2. The van der Waals surface area contributed by atoms with E-state index in [1.165, 1.54) is 12.1 Å². The first-order chi connectivity index (χ1) is 15.8. The number of carbonyl (C=O) groups is 2. The molecule has 174 valence electrons. The molecule has 0 radical (unpaired) electrons. The number of halogens is 2. The van der Waals surface area contributed by atoms with Crippen molar-refractivity contribution in [3.05, 3.63) is 70.0 Å². The number of aromatic nitrogens is 4. The topological polar surface area (TPSA) is 85.1 Å². The van der Waals surface area contributed by atoms with Crippen molar-refractivity contribution in [2.75, 3.05) is 19.6 Å². The standard InChI is InChI=1S/C23H26ClFN6O2/c1-15-20(21(24)31(28-15)13-17-3-5-19(25)6-4-17)23(33)30-9-7-16(8-10-30)11-26-22(32)18-12-27-29(2)14-18/h3-6,12,14,16H,7-11,13H2,1-2H3,(H,26,32). The van der Waals surface area contributed by atoms with Crippen molar-refractivity contribution in [1.29, 1.82) is 0 Å². The van der Waals surface area contributed by atoms with Gasteiger partial charge in [0.15, 0.2) is 0 Å². The predicted molar refractivity (Wildman–Crippen MR) is 122 cm³/mol. The van der Waals surface area contributed by atoms with E-state index >= 15 is 0 Å². The highest BCUT2D eigenvalue weighted by atomic mass is 35.5. The molecule has 8 nitrogen and oxygen atoms in total. The van der Waals surface area contributed by atoms with E-state index in [1.54, 1.807) is 52.8 Å². The molecule has 0 aliphatic carbocycles. The molecule has 1 aliphatic heterocycles. The van der Waals surface area contributed by atoms with Gasteiger partial charge in [0.25, 0.3) is 11.8 Å². The minimum Gasteiger partial charge on any atom is -0.352 e. The summed E-state index contributed by atoms with van der Waals surface area (Å²) in [5, 5.41) is 11.7. The van der Waals surface area contributed by atoms with Gasteiger partial charge in [-0.05, 0) is 43.4 Å². The van der Waals surface area contributed by atoms with Crippen molar-refractivity contribution < 1.29 is 14.0 Å². The van der Waals surface area contributed by atoms with Crippen LogP contribution in [0.4, 0.5) is 4.39 Å². The minimum absolute atomic E-state index is 0.138. The Hall–Kier alpha value is -3.20. The maximum atomic E-state index is 13.2. The Labute approximate surface area is 196 Å². The number of nitrogens with one attached hydrogen (secondary N) is 1. The van der Waals surface area contributed by atoms with Crippen LogP contribution in [-0.4, -0.2) is 55.9 Å². The summed E-state index contributed by atoms with van der Waals surface area (Å²) in [6.07, 6.45) is 4.80. The van der Waals surface area contributed by atoms with Crippen molar-refractivity contribution in [3.8, 4) is 0 Å². The zero-order valence-electron chi connectivity index (χ0n) is 18.6. The number of benzene rings is 1. The summed E-state index contributed by atoms with van der Waals surface area (Å²) in [4.78, 5) is 27.2. The third-order valence-electron chi connectivity index (χ3n) is 5.94. The Morgan fingerprint density at radius 3 is 2.55 bits per heavy atom. The van der Waals surface area contributed by atoms with Gasteiger partial charge < -0.3 is 10.2 Å². The summed E-state index contributed by atoms with van der Waals surface area (Å²) < 4.78 is 16.3. The Morgan fingerprint density at radius 2 is 1.91 bits per heavy atom. The Bertz CT molecular complexity index is 1150. The van der Waals surface area contributed by atoms with Crippen LogP contribution in [0.3, 0.4) is 0 Å². The van der Waals surface area contributed by atoms with E-state index in [0.717, 1.165) is 18.4 Å². The van der Waals surface area contributed by atoms with Gasteiger partial charge in [-0.3, -0.25) is 14.3 Å². The van der Waals surface area contributed by atoms with E-state index in [4.69, 9.17) is 11.6 Å². The number of rotatable bonds is 6. The molecule has 2 amide bonds. The van der Waals surface area contributed by atoms with Gasteiger partial charge in [-0.15, -0.1) is 0 Å². The zero-order chi connectivity index (χ0) is 23.5. The molecule has 1 aromatic carbocycles. The van der Waals surface area contributed by atoms with E-state index in [0.29, 0.717) is 48.9 Å². The number of amides is 2. The summed E-state index contributed by atoms with van der Waals surface area (Å²) in [6, 6.07) is 6.11. The maximum absolute atomic E-state index is 13.2. The minimum atomic E-state index is -0.308. The highest BCUT2D eigenvalue weighted by Crippen LogP contribution is 2.25. The maximum Gasteiger partial charge on any atom is 0.258 e. The number of hydrogen-bond acceptors (Lipinski definition) is 4. The fourth-order valence-corrected chi connectivity index (χ4v) is 4.35. The van der Waals surface area contributed by atoms with Crippen molar-refractivity contribution in [1.82, 2.24) is 29.8 Å². The lowest BCUT2D eigenvalue weighted by Gasteiger charge is -2.32. The summed E-state index contributed by atoms with van der Waals surface area (Å²) in [5.41, 5.74) is 2.35. The fraction of sp³-hybridized carbons (Fsp3) is 0.391. The lowest BCUT2D eigenvalue weighted by molar-refractivity contribution is 0.0683. The molecule has 10 heteroatoms. The van der Waals surface area contributed by atoms with Crippen LogP contribution < -0.4 is 5.32 Å². The quantitative estimate of drug-likeness (QED) is 0.597. The molecular formula is C23H26ClFN6O2. The summed E-state index contributed by atoms with van der Waals surface area (Å²) >= 11 is 6.52. The van der Waals surface area contributed by atoms with E-state index < -0.39 is 0 Å². The van der Waals surface area contributed by atoms with Crippen molar-refractivity contribution in [3.63, 3.8) is 0 Å². The van der Waals surface area contributed by atoms with E-state index in [9.17, 15) is 14.0 Å². The molecule has 1 aliphatic rings. The lowest BCUT2D eigenvalue weighted by Crippen LogP contribution is -2.41. The molecule has 4 rings (SSSR count). The average molecular weight is 473 g/mol. The molecule has 3 aromatic rings. The number of likely N-dealkylation sites (tertiary alicyclic amines) is 1. The van der Waals surface area contributed by atoms with Crippen LogP contribution in [0.1, 0.15) is 44.8 Å². The molecule has 1 saturated heterocycles. The van der Waals surface area contributed by atoms with Crippen LogP contribution in [-0.2, 0) is 13.6 Å². The third-order valence-corrected chi connectivity index (χ3v) is 6.33. The molecule has 3 heterocycles. The largest absolute Gasteiger partial charge is 0.352 e. The van der Waals surface area contributed by atoms with Crippen LogP contribution in [0, 0.1) is 18.7 Å². The van der Waals surface area contributed by atoms with E-state index in [2.05, 4.69) is 15.5 Å². The number of carbonyl (C=O) groups excluding carboxylic acids is 2. The van der Waals surface area contributed by atoms with Gasteiger partial charge in [0.1, 0.15) is 11.0 Å². The zero-order valence-corrected chi connectivity index (χ0v) is 19.3. The molecule has 0 bridgehead atoms. The molecule has 2 aromatic heterocycles. The lowest BCUT2D eigenvalue weighted by atomic mass is 9.96. The SMILES string of the molecule is Cc1nn(Cc2ccc(F)cc2)c(Cl)c1C(=O)N1CCC(CNC(=O)c2cnn(C)c2)CC1. The Kier molecular flexibility index (Phi) is 6.78. The number of nitrogens with zero attached hydrogens (tertiary/aromatic N) is 5. The van der Waals surface area contributed by atoms with Crippen LogP contribution in [0.25, 0.3) is 0 Å². The second kappa shape index (κ2) is 9.74. The van der Waals surface area contributed by atoms with Crippen LogP contribution in [0.2, 0.25) is 5.15 Å². The van der Waals surface area contributed by atoms with Crippen LogP contribution in [0.5, 0.6) is 0 Å². The second-order valence-electron chi connectivity index (χ2n) is 8.38. The first-order valence-electron chi connectivity index (χ1n) is 10.8. The van der Waals surface area contributed by atoms with Gasteiger partial charge in [0.2, 0.25) is 0 Å². The predicted octanol–water partition coefficient (Wildman–Crippen LogP) is 3.05. The first kappa shape index (κ1) is 23.0. The second-order valence-corrected chi connectivity index (χ2v) is 8.74. The van der Waals surface area contributed by atoms with Crippen LogP contribution >= 0.6 is 11.6 Å². The first-order valence-corrected chi connectivity index (χ1v) is 11.2. The number of piperidine rings is 1. The Balaban J connectivity index is 1.33. The molecule has 0 atom stereocenters. The van der Waals surface area contributed by atoms with Crippen molar-refractivity contribution in [2.24, 2.45) is 13.0 Å². The van der Waals surface area contributed by atoms with Crippen molar-refractivity contribution in [2.45, 2.75) is 26.3 Å². The summed E-state index contributed by atoms with van der Waals surface area (Å²) in [6.45, 7) is 3.86. The summed E-state index contributed by atoms with van der Waals surface area (Å²) in [7, 11) is 1.77. The molecule has 1 fully saturated rings. The molecule has 0 spiro atoms. The van der Waals surface area contributed by atoms with Crippen LogP contribution in [0.15, 0.2) is 36.7 Å².